The first kappa shape index (κ1) is 7.48. The van der Waals surface area contributed by atoms with Gasteiger partial charge in [0.05, 0.1) is 0 Å². The van der Waals surface area contributed by atoms with Crippen LogP contribution in [0.4, 0.5) is 0 Å². The van der Waals surface area contributed by atoms with Crippen LogP contribution >= 0.6 is 11.3 Å². The Hall–Kier alpha value is -0.630. The van der Waals surface area contributed by atoms with Gasteiger partial charge >= 0.3 is 0 Å². The summed E-state index contributed by atoms with van der Waals surface area (Å²) in [6.45, 7) is 3.84. The molecule has 0 fully saturated rings. The molecular weight excluding hydrogens is 144 g/mol. The van der Waals surface area contributed by atoms with E-state index in [4.69, 9.17) is 0 Å². The standard InChI is InChI=1S/C8H10OS/c1-8(2,6-9)7-3-4-10-5-7/h3-6H,1-2H3. The number of hydrogen-bond acceptors (Lipinski definition) is 2. The summed E-state index contributed by atoms with van der Waals surface area (Å²) >= 11 is 1.62. The lowest BCUT2D eigenvalue weighted by Crippen LogP contribution is -2.17. The Kier molecular flexibility index (Phi) is 1.90. The van der Waals surface area contributed by atoms with Gasteiger partial charge in [-0.05, 0) is 36.2 Å². The highest BCUT2D eigenvalue weighted by molar-refractivity contribution is 7.08. The Balaban J connectivity index is 2.95. The Morgan fingerprint density at radius 1 is 1.60 bits per heavy atom. The maximum absolute atomic E-state index is 10.5. The Labute approximate surface area is 64.7 Å². The molecule has 0 aliphatic rings. The van der Waals surface area contributed by atoms with Crippen molar-refractivity contribution in [1.29, 1.82) is 0 Å². The summed E-state index contributed by atoms with van der Waals surface area (Å²) in [7, 11) is 0. The average Bonchev–Trinajstić information content (AvgIpc) is 2.38. The molecule has 2 heteroatoms. The number of rotatable bonds is 2. The van der Waals surface area contributed by atoms with Gasteiger partial charge in [-0.15, -0.1) is 0 Å². The quantitative estimate of drug-likeness (QED) is 0.597. The molecule has 10 heavy (non-hydrogen) atoms. The van der Waals surface area contributed by atoms with E-state index in [1.165, 1.54) is 0 Å². The largest absolute Gasteiger partial charge is 0.302 e. The summed E-state index contributed by atoms with van der Waals surface area (Å²) in [4.78, 5) is 10.5. The molecular formula is C8H10OS. The van der Waals surface area contributed by atoms with E-state index in [0.29, 0.717) is 0 Å². The van der Waals surface area contributed by atoms with Crippen LogP contribution in [0.1, 0.15) is 19.4 Å². The zero-order valence-electron chi connectivity index (χ0n) is 6.13. The fraction of sp³-hybridized carbons (Fsp3) is 0.375. The summed E-state index contributed by atoms with van der Waals surface area (Å²) in [6, 6.07) is 1.99. The number of carbonyl (C=O) groups excluding carboxylic acids is 1. The molecule has 1 aromatic rings. The zero-order valence-corrected chi connectivity index (χ0v) is 6.94. The van der Waals surface area contributed by atoms with Crippen molar-refractivity contribution < 1.29 is 4.79 Å². The van der Waals surface area contributed by atoms with Gasteiger partial charge in [-0.1, -0.05) is 0 Å². The molecule has 0 aliphatic heterocycles. The minimum Gasteiger partial charge on any atom is -0.302 e. The van der Waals surface area contributed by atoms with E-state index in [0.717, 1.165) is 11.8 Å². The smallest absolute Gasteiger partial charge is 0.129 e. The summed E-state index contributed by atoms with van der Waals surface area (Å²) in [6.07, 6.45) is 0.981. The first-order valence-corrected chi connectivity index (χ1v) is 4.10. The van der Waals surface area contributed by atoms with Crippen LogP contribution in [-0.2, 0) is 10.2 Å². The summed E-state index contributed by atoms with van der Waals surface area (Å²) in [5, 5.41) is 4.00. The van der Waals surface area contributed by atoms with Gasteiger partial charge in [0.15, 0.2) is 0 Å². The molecule has 0 spiro atoms. The van der Waals surface area contributed by atoms with Crippen molar-refractivity contribution >= 4 is 17.6 Å². The zero-order chi connectivity index (χ0) is 7.61. The number of thiophene rings is 1. The van der Waals surface area contributed by atoms with Gasteiger partial charge in [0.25, 0.3) is 0 Å². The number of carbonyl (C=O) groups is 1. The first-order valence-electron chi connectivity index (χ1n) is 3.16. The second-order valence-electron chi connectivity index (χ2n) is 2.85. The molecule has 0 N–H and O–H groups in total. The van der Waals surface area contributed by atoms with Crippen molar-refractivity contribution in [3.05, 3.63) is 22.4 Å². The molecule has 54 valence electrons. The molecule has 1 nitrogen and oxygen atoms in total. The average molecular weight is 154 g/mol. The lowest BCUT2D eigenvalue weighted by atomic mass is 9.89. The molecule has 0 radical (unpaired) electrons. The maximum atomic E-state index is 10.5. The predicted octanol–water partition coefficient (Wildman–Crippen LogP) is 2.22. The molecule has 1 rings (SSSR count). The molecule has 1 aromatic heterocycles. The van der Waals surface area contributed by atoms with Crippen molar-refractivity contribution in [2.75, 3.05) is 0 Å². The van der Waals surface area contributed by atoms with E-state index in [1.54, 1.807) is 11.3 Å². The van der Waals surface area contributed by atoms with Crippen LogP contribution in [0.5, 0.6) is 0 Å². The SMILES string of the molecule is CC(C)(C=O)c1ccsc1. The van der Waals surface area contributed by atoms with E-state index in [2.05, 4.69) is 0 Å². The predicted molar refractivity (Wildman–Crippen MR) is 43.4 cm³/mol. The molecule has 0 saturated carbocycles. The lowest BCUT2D eigenvalue weighted by Gasteiger charge is -2.13. The van der Waals surface area contributed by atoms with E-state index in [-0.39, 0.29) is 5.41 Å². The molecule has 0 saturated heterocycles. The highest BCUT2D eigenvalue weighted by Gasteiger charge is 2.18. The summed E-state index contributed by atoms with van der Waals surface area (Å²) in [5.74, 6) is 0. The van der Waals surface area contributed by atoms with Crippen molar-refractivity contribution in [2.45, 2.75) is 19.3 Å². The highest BCUT2D eigenvalue weighted by atomic mass is 32.1. The van der Waals surface area contributed by atoms with E-state index in [9.17, 15) is 4.79 Å². The van der Waals surface area contributed by atoms with Crippen LogP contribution in [0.25, 0.3) is 0 Å². The van der Waals surface area contributed by atoms with Crippen LogP contribution in [0.2, 0.25) is 0 Å². The summed E-state index contributed by atoms with van der Waals surface area (Å²) in [5.41, 5.74) is 0.799. The third kappa shape index (κ3) is 1.27. The van der Waals surface area contributed by atoms with Crippen LogP contribution < -0.4 is 0 Å². The second-order valence-corrected chi connectivity index (χ2v) is 3.63. The molecule has 0 unspecified atom stereocenters. The fourth-order valence-corrected chi connectivity index (χ4v) is 1.53. The summed E-state index contributed by atoms with van der Waals surface area (Å²) < 4.78 is 0. The maximum Gasteiger partial charge on any atom is 0.129 e. The van der Waals surface area contributed by atoms with Gasteiger partial charge in [0.2, 0.25) is 0 Å². The highest BCUT2D eigenvalue weighted by Crippen LogP contribution is 2.22. The van der Waals surface area contributed by atoms with E-state index >= 15 is 0 Å². The molecule has 0 amide bonds. The molecule has 1 heterocycles. The van der Waals surface area contributed by atoms with E-state index < -0.39 is 0 Å². The molecule has 0 aliphatic carbocycles. The second kappa shape index (κ2) is 2.54. The monoisotopic (exact) mass is 154 g/mol. The Bertz CT molecular complexity index is 211. The molecule has 0 atom stereocenters. The topological polar surface area (TPSA) is 17.1 Å². The van der Waals surface area contributed by atoms with E-state index in [1.807, 2.05) is 30.7 Å². The fourth-order valence-electron chi connectivity index (χ4n) is 0.699. The van der Waals surface area contributed by atoms with Crippen molar-refractivity contribution in [1.82, 2.24) is 0 Å². The lowest BCUT2D eigenvalue weighted by molar-refractivity contribution is -0.111. The third-order valence-corrected chi connectivity index (χ3v) is 2.24. The first-order chi connectivity index (χ1) is 4.67. The van der Waals surface area contributed by atoms with Gasteiger partial charge in [-0.3, -0.25) is 0 Å². The number of hydrogen-bond donors (Lipinski definition) is 0. The van der Waals surface area contributed by atoms with Crippen LogP contribution in [0, 0.1) is 0 Å². The van der Waals surface area contributed by atoms with Crippen LogP contribution in [0.3, 0.4) is 0 Å². The van der Waals surface area contributed by atoms with Gasteiger partial charge in [0.1, 0.15) is 6.29 Å². The van der Waals surface area contributed by atoms with Crippen LogP contribution in [-0.4, -0.2) is 6.29 Å². The normalized spacial score (nSPS) is 11.4. The van der Waals surface area contributed by atoms with Crippen LogP contribution in [0.15, 0.2) is 16.8 Å². The molecule has 0 aromatic carbocycles. The van der Waals surface area contributed by atoms with Gasteiger partial charge in [0, 0.05) is 5.41 Å². The van der Waals surface area contributed by atoms with Gasteiger partial charge in [-0.2, -0.15) is 11.3 Å². The minimum atomic E-state index is -0.306. The number of aldehydes is 1. The van der Waals surface area contributed by atoms with Gasteiger partial charge < -0.3 is 4.79 Å². The minimum absolute atomic E-state index is 0.306. The van der Waals surface area contributed by atoms with Gasteiger partial charge in [-0.25, -0.2) is 0 Å². The third-order valence-electron chi connectivity index (χ3n) is 1.56. The molecule has 0 bridgehead atoms. The Morgan fingerprint density at radius 3 is 2.70 bits per heavy atom. The Morgan fingerprint density at radius 2 is 2.30 bits per heavy atom. The van der Waals surface area contributed by atoms with Crippen molar-refractivity contribution in [3.8, 4) is 0 Å². The van der Waals surface area contributed by atoms with Crippen molar-refractivity contribution in [2.24, 2.45) is 0 Å². The van der Waals surface area contributed by atoms with Crippen molar-refractivity contribution in [3.63, 3.8) is 0 Å².